The molecule has 0 bridgehead atoms. The third-order valence-corrected chi connectivity index (χ3v) is 3.43. The van der Waals surface area contributed by atoms with Gasteiger partial charge in [-0.05, 0) is 60.4 Å². The van der Waals surface area contributed by atoms with Crippen molar-refractivity contribution in [2.75, 3.05) is 0 Å². The molecule has 3 heteroatoms. The van der Waals surface area contributed by atoms with Gasteiger partial charge in [0.05, 0.1) is 5.56 Å². The van der Waals surface area contributed by atoms with Crippen LogP contribution in [0, 0.1) is 0 Å². The van der Waals surface area contributed by atoms with E-state index in [1.54, 1.807) is 24.3 Å². The highest BCUT2D eigenvalue weighted by Crippen LogP contribution is 2.26. The van der Waals surface area contributed by atoms with E-state index in [4.69, 9.17) is 5.11 Å². The molecule has 0 saturated carbocycles. The summed E-state index contributed by atoms with van der Waals surface area (Å²) in [4.78, 5) is 10.8. The lowest BCUT2D eigenvalue weighted by Crippen LogP contribution is -1.95. The summed E-state index contributed by atoms with van der Waals surface area (Å²) in [7, 11) is 0. The van der Waals surface area contributed by atoms with Gasteiger partial charge in [0.1, 0.15) is 5.75 Å². The normalized spacial score (nSPS) is 11.9. The van der Waals surface area contributed by atoms with Crippen LogP contribution in [0.15, 0.2) is 48.5 Å². The van der Waals surface area contributed by atoms with Crippen LogP contribution in [0.2, 0.25) is 0 Å². The van der Waals surface area contributed by atoms with Gasteiger partial charge in [0, 0.05) is 0 Å². The first-order chi connectivity index (χ1) is 9.49. The van der Waals surface area contributed by atoms with Crippen molar-refractivity contribution in [3.8, 4) is 5.75 Å². The molecule has 0 saturated heterocycles. The maximum Gasteiger partial charge on any atom is 0.335 e. The molecule has 20 heavy (non-hydrogen) atoms. The molecular weight excluding hydrogens is 252 g/mol. The summed E-state index contributed by atoms with van der Waals surface area (Å²) in [6.45, 7) is 4.00. The Morgan fingerprint density at radius 1 is 0.750 bits per heavy atom. The third kappa shape index (κ3) is 2.88. The molecule has 0 aliphatic rings. The highest BCUT2D eigenvalue weighted by Gasteiger charge is 2.06. The van der Waals surface area contributed by atoms with Crippen LogP contribution in [0.5, 0.6) is 5.75 Å². The van der Waals surface area contributed by atoms with Crippen LogP contribution in [0.4, 0.5) is 0 Å². The number of phenolic OH excluding ortho intramolecular Hbond substituents is 1. The van der Waals surface area contributed by atoms with Crippen LogP contribution in [-0.4, -0.2) is 16.2 Å². The van der Waals surface area contributed by atoms with Crippen LogP contribution < -0.4 is 0 Å². The van der Waals surface area contributed by atoms with Crippen molar-refractivity contribution in [2.45, 2.75) is 13.8 Å². The molecule has 0 aliphatic carbocycles. The van der Waals surface area contributed by atoms with Gasteiger partial charge < -0.3 is 10.2 Å². The fourth-order valence-corrected chi connectivity index (χ4v) is 2.01. The van der Waals surface area contributed by atoms with E-state index in [0.29, 0.717) is 0 Å². The van der Waals surface area contributed by atoms with Gasteiger partial charge in [-0.15, -0.1) is 0 Å². The summed E-state index contributed by atoms with van der Waals surface area (Å²) in [6, 6.07) is 13.8. The standard InChI is InChI=1S/C17H16O3/c1-11(12(2)14-7-9-16(18)10-8-14)13-3-5-15(6-4-13)17(19)20/h3-10,18H,1-2H3,(H,19,20)/b12-11+. The van der Waals surface area contributed by atoms with E-state index in [-0.39, 0.29) is 11.3 Å². The molecule has 0 aliphatic heterocycles. The fourth-order valence-electron chi connectivity index (χ4n) is 2.01. The number of rotatable bonds is 3. The Bertz CT molecular complexity index is 650. The highest BCUT2D eigenvalue weighted by atomic mass is 16.4. The minimum Gasteiger partial charge on any atom is -0.508 e. The first-order valence-electron chi connectivity index (χ1n) is 6.29. The average molecular weight is 268 g/mol. The van der Waals surface area contributed by atoms with Crippen molar-refractivity contribution in [1.82, 2.24) is 0 Å². The molecule has 0 unspecified atom stereocenters. The molecule has 0 atom stereocenters. The number of hydrogen-bond acceptors (Lipinski definition) is 2. The van der Waals surface area contributed by atoms with Gasteiger partial charge in [0.2, 0.25) is 0 Å². The van der Waals surface area contributed by atoms with Gasteiger partial charge in [-0.25, -0.2) is 4.79 Å². The monoisotopic (exact) mass is 268 g/mol. The molecule has 102 valence electrons. The predicted molar refractivity (Wildman–Crippen MR) is 79.7 cm³/mol. The number of aromatic hydroxyl groups is 1. The largest absolute Gasteiger partial charge is 0.508 e. The second kappa shape index (κ2) is 5.61. The second-order valence-electron chi connectivity index (χ2n) is 4.68. The Kier molecular flexibility index (Phi) is 3.89. The number of carboxylic acids is 1. The first kappa shape index (κ1) is 13.9. The molecule has 0 radical (unpaired) electrons. The minimum atomic E-state index is -0.923. The third-order valence-electron chi connectivity index (χ3n) is 3.43. The van der Waals surface area contributed by atoms with Gasteiger partial charge in [-0.2, -0.15) is 0 Å². The molecular formula is C17H16O3. The number of carbonyl (C=O) groups is 1. The number of hydrogen-bond donors (Lipinski definition) is 2. The first-order valence-corrected chi connectivity index (χ1v) is 6.29. The molecule has 2 N–H and O–H groups in total. The lowest BCUT2D eigenvalue weighted by Gasteiger charge is -2.09. The molecule has 2 aromatic carbocycles. The predicted octanol–water partition coefficient (Wildman–Crippen LogP) is 4.04. The smallest absolute Gasteiger partial charge is 0.335 e. The Hall–Kier alpha value is -2.55. The Morgan fingerprint density at radius 2 is 1.10 bits per heavy atom. The van der Waals surface area contributed by atoms with Crippen molar-refractivity contribution < 1.29 is 15.0 Å². The number of allylic oxidation sites excluding steroid dienone is 2. The van der Waals surface area contributed by atoms with Gasteiger partial charge in [0.25, 0.3) is 0 Å². The minimum absolute atomic E-state index is 0.241. The van der Waals surface area contributed by atoms with Gasteiger partial charge in [-0.3, -0.25) is 0 Å². The lowest BCUT2D eigenvalue weighted by atomic mass is 9.96. The maximum absolute atomic E-state index is 10.8. The summed E-state index contributed by atoms with van der Waals surface area (Å²) < 4.78 is 0. The summed E-state index contributed by atoms with van der Waals surface area (Å²) in [5, 5.41) is 18.2. The zero-order valence-corrected chi connectivity index (χ0v) is 11.4. The van der Waals surface area contributed by atoms with Crippen LogP contribution in [0.3, 0.4) is 0 Å². The van der Waals surface area contributed by atoms with E-state index in [9.17, 15) is 9.90 Å². The quantitative estimate of drug-likeness (QED) is 0.826. The van der Waals surface area contributed by atoms with Crippen LogP contribution in [0.1, 0.15) is 35.3 Å². The summed E-state index contributed by atoms with van der Waals surface area (Å²) >= 11 is 0. The molecule has 0 spiro atoms. The van der Waals surface area contributed by atoms with Crippen molar-refractivity contribution in [3.05, 3.63) is 65.2 Å². The highest BCUT2D eigenvalue weighted by molar-refractivity contribution is 5.91. The van der Waals surface area contributed by atoms with E-state index in [1.165, 1.54) is 0 Å². The van der Waals surface area contributed by atoms with Crippen molar-refractivity contribution >= 4 is 17.1 Å². The number of aromatic carboxylic acids is 1. The van der Waals surface area contributed by atoms with Crippen molar-refractivity contribution in [2.24, 2.45) is 0 Å². The Balaban J connectivity index is 2.37. The maximum atomic E-state index is 10.8. The summed E-state index contributed by atoms with van der Waals surface area (Å²) in [5.74, 6) is -0.682. The fraction of sp³-hybridized carbons (Fsp3) is 0.118. The Labute approximate surface area is 117 Å². The number of benzene rings is 2. The van der Waals surface area contributed by atoms with E-state index in [0.717, 1.165) is 22.3 Å². The van der Waals surface area contributed by atoms with Gasteiger partial charge >= 0.3 is 5.97 Å². The van der Waals surface area contributed by atoms with E-state index in [2.05, 4.69) is 0 Å². The van der Waals surface area contributed by atoms with Crippen molar-refractivity contribution in [3.63, 3.8) is 0 Å². The SMILES string of the molecule is C/C(=C(/C)c1ccc(C(=O)O)cc1)c1ccc(O)cc1. The van der Waals surface area contributed by atoms with Gasteiger partial charge in [0.15, 0.2) is 0 Å². The Morgan fingerprint density at radius 3 is 1.50 bits per heavy atom. The topological polar surface area (TPSA) is 57.5 Å². The molecule has 2 aromatic rings. The van der Waals surface area contributed by atoms with Crippen LogP contribution in [-0.2, 0) is 0 Å². The summed E-state index contributed by atoms with van der Waals surface area (Å²) in [6.07, 6.45) is 0. The molecule has 0 heterocycles. The summed E-state index contributed by atoms with van der Waals surface area (Å²) in [5.41, 5.74) is 4.47. The molecule has 0 amide bonds. The van der Waals surface area contributed by atoms with E-state index >= 15 is 0 Å². The van der Waals surface area contributed by atoms with Crippen LogP contribution in [0.25, 0.3) is 11.1 Å². The zero-order valence-electron chi connectivity index (χ0n) is 11.4. The number of phenols is 1. The molecule has 2 rings (SSSR count). The van der Waals surface area contributed by atoms with Crippen molar-refractivity contribution in [1.29, 1.82) is 0 Å². The van der Waals surface area contributed by atoms with Crippen LogP contribution >= 0.6 is 0 Å². The molecule has 0 aromatic heterocycles. The van der Waals surface area contributed by atoms with E-state index < -0.39 is 5.97 Å². The number of carboxylic acid groups (broad SMARTS) is 1. The average Bonchev–Trinajstić information content (AvgIpc) is 2.46. The lowest BCUT2D eigenvalue weighted by molar-refractivity contribution is 0.0697. The molecule has 3 nitrogen and oxygen atoms in total. The second-order valence-corrected chi connectivity index (χ2v) is 4.68. The van der Waals surface area contributed by atoms with Gasteiger partial charge in [-0.1, -0.05) is 24.3 Å². The molecule has 0 fully saturated rings. The zero-order chi connectivity index (χ0) is 14.7. The van der Waals surface area contributed by atoms with E-state index in [1.807, 2.05) is 38.1 Å².